The van der Waals surface area contributed by atoms with Crippen molar-refractivity contribution in [2.45, 2.75) is 12.8 Å². The van der Waals surface area contributed by atoms with Gasteiger partial charge in [0, 0.05) is 18.0 Å². The number of fused-ring (bicyclic) bond motifs is 1. The molecule has 0 aliphatic carbocycles. The molecule has 0 saturated heterocycles. The molecule has 0 spiro atoms. The van der Waals surface area contributed by atoms with Crippen molar-refractivity contribution < 1.29 is 0 Å². The van der Waals surface area contributed by atoms with E-state index in [0.29, 0.717) is 11.1 Å². The maximum atomic E-state index is 5.96. The third-order valence-corrected chi connectivity index (χ3v) is 2.54. The Morgan fingerprint density at radius 1 is 1.42 bits per heavy atom. The lowest BCUT2D eigenvalue weighted by atomic mass is 9.94. The molecule has 12 heavy (non-hydrogen) atoms. The summed E-state index contributed by atoms with van der Waals surface area (Å²) in [6.07, 6.45) is 0. The predicted octanol–water partition coefficient (Wildman–Crippen LogP) is 2.79. The van der Waals surface area contributed by atoms with Crippen LogP contribution in [0.5, 0.6) is 0 Å². The van der Waals surface area contributed by atoms with Crippen LogP contribution in [0, 0.1) is 0 Å². The van der Waals surface area contributed by atoms with E-state index in [1.807, 2.05) is 18.2 Å². The Morgan fingerprint density at radius 2 is 2.17 bits per heavy atom. The summed E-state index contributed by atoms with van der Waals surface area (Å²) in [5.74, 6) is 0.503. The quantitative estimate of drug-likeness (QED) is 0.581. The van der Waals surface area contributed by atoms with Gasteiger partial charge in [-0.1, -0.05) is 42.8 Å². The van der Waals surface area contributed by atoms with E-state index in [1.54, 1.807) is 0 Å². The van der Waals surface area contributed by atoms with Crippen LogP contribution in [0.1, 0.15) is 24.0 Å². The van der Waals surface area contributed by atoms with Crippen LogP contribution >= 0.6 is 11.6 Å². The minimum atomic E-state index is 0.503. The summed E-state index contributed by atoms with van der Waals surface area (Å²) in [6, 6.07) is 8.19. The first kappa shape index (κ1) is 7.81. The highest BCUT2D eigenvalue weighted by Gasteiger charge is 2.16. The zero-order valence-electron chi connectivity index (χ0n) is 6.92. The van der Waals surface area contributed by atoms with Crippen molar-refractivity contribution in [3.05, 3.63) is 35.4 Å². The molecule has 1 heterocycles. The van der Waals surface area contributed by atoms with E-state index in [0.717, 1.165) is 12.1 Å². The third-order valence-electron chi connectivity index (χ3n) is 2.22. The smallest absolute Gasteiger partial charge is 0.131 e. The van der Waals surface area contributed by atoms with Crippen molar-refractivity contribution in [1.29, 1.82) is 0 Å². The Labute approximate surface area is 77.1 Å². The first-order valence-corrected chi connectivity index (χ1v) is 4.46. The molecular formula is C10H10ClN. The maximum Gasteiger partial charge on any atom is 0.131 e. The fourth-order valence-corrected chi connectivity index (χ4v) is 1.76. The van der Waals surface area contributed by atoms with Crippen LogP contribution in [0.25, 0.3) is 0 Å². The lowest BCUT2D eigenvalue weighted by Crippen LogP contribution is -2.11. The summed E-state index contributed by atoms with van der Waals surface area (Å²) < 4.78 is 0. The number of hydrogen-bond acceptors (Lipinski definition) is 1. The van der Waals surface area contributed by atoms with Gasteiger partial charge in [0.15, 0.2) is 0 Å². The molecule has 1 aromatic carbocycles. The minimum Gasteiger partial charge on any atom is -0.272 e. The Kier molecular flexibility index (Phi) is 1.89. The molecular weight excluding hydrogens is 170 g/mol. The molecule has 0 radical (unpaired) electrons. The van der Waals surface area contributed by atoms with Crippen molar-refractivity contribution in [3.63, 3.8) is 0 Å². The fraction of sp³-hybridized carbons (Fsp3) is 0.300. The van der Waals surface area contributed by atoms with Crippen molar-refractivity contribution in [3.8, 4) is 0 Å². The van der Waals surface area contributed by atoms with Crippen LogP contribution in [0.3, 0.4) is 0 Å². The standard InChI is InChI=1S/C10H10ClN/c1-7-6-12-10(11)9-5-3-2-4-8(7)9/h2-5,7H,6H2,1H3. The summed E-state index contributed by atoms with van der Waals surface area (Å²) in [7, 11) is 0. The maximum absolute atomic E-state index is 5.96. The average Bonchev–Trinajstić information content (AvgIpc) is 2.12. The molecule has 0 amide bonds. The molecule has 1 nitrogen and oxygen atoms in total. The van der Waals surface area contributed by atoms with Gasteiger partial charge in [-0.2, -0.15) is 0 Å². The van der Waals surface area contributed by atoms with E-state index in [9.17, 15) is 0 Å². The van der Waals surface area contributed by atoms with E-state index >= 15 is 0 Å². The Morgan fingerprint density at radius 3 is 2.92 bits per heavy atom. The van der Waals surface area contributed by atoms with E-state index in [4.69, 9.17) is 11.6 Å². The zero-order chi connectivity index (χ0) is 8.55. The largest absolute Gasteiger partial charge is 0.272 e. The van der Waals surface area contributed by atoms with Gasteiger partial charge in [-0.3, -0.25) is 4.99 Å². The minimum absolute atomic E-state index is 0.503. The highest BCUT2D eigenvalue weighted by Crippen LogP contribution is 2.26. The van der Waals surface area contributed by atoms with Gasteiger partial charge in [0.1, 0.15) is 5.17 Å². The van der Waals surface area contributed by atoms with Gasteiger partial charge >= 0.3 is 0 Å². The molecule has 0 N–H and O–H groups in total. The van der Waals surface area contributed by atoms with Crippen LogP contribution < -0.4 is 0 Å². The summed E-state index contributed by atoms with van der Waals surface area (Å²) in [4.78, 5) is 4.23. The second-order valence-corrected chi connectivity index (χ2v) is 3.48. The molecule has 1 atom stereocenters. The molecule has 0 fully saturated rings. The number of nitrogens with zero attached hydrogens (tertiary/aromatic N) is 1. The first-order valence-electron chi connectivity index (χ1n) is 4.08. The number of aliphatic imine (C=N–C) groups is 1. The Hall–Kier alpha value is -0.820. The lowest BCUT2D eigenvalue weighted by Gasteiger charge is -2.18. The summed E-state index contributed by atoms with van der Waals surface area (Å²) in [6.45, 7) is 2.99. The van der Waals surface area contributed by atoms with E-state index in [2.05, 4.69) is 18.0 Å². The van der Waals surface area contributed by atoms with Crippen molar-refractivity contribution in [1.82, 2.24) is 0 Å². The summed E-state index contributed by atoms with van der Waals surface area (Å²) in [5, 5.41) is 0.656. The van der Waals surface area contributed by atoms with Crippen LogP contribution in [-0.2, 0) is 0 Å². The number of hydrogen-bond donors (Lipinski definition) is 0. The van der Waals surface area contributed by atoms with E-state index < -0.39 is 0 Å². The van der Waals surface area contributed by atoms with Crippen LogP contribution in [-0.4, -0.2) is 11.7 Å². The molecule has 2 rings (SSSR count). The fourth-order valence-electron chi connectivity index (χ4n) is 1.52. The second kappa shape index (κ2) is 2.91. The highest BCUT2D eigenvalue weighted by molar-refractivity contribution is 6.69. The van der Waals surface area contributed by atoms with Gasteiger partial charge in [0.2, 0.25) is 0 Å². The second-order valence-electron chi connectivity index (χ2n) is 3.12. The van der Waals surface area contributed by atoms with Crippen molar-refractivity contribution in [2.24, 2.45) is 4.99 Å². The van der Waals surface area contributed by atoms with Crippen molar-refractivity contribution in [2.75, 3.05) is 6.54 Å². The van der Waals surface area contributed by atoms with Crippen LogP contribution in [0.4, 0.5) is 0 Å². The molecule has 0 saturated carbocycles. The molecule has 0 aromatic heterocycles. The normalized spacial score (nSPS) is 21.5. The molecule has 2 heteroatoms. The molecule has 1 unspecified atom stereocenters. The Bertz CT molecular complexity index is 330. The van der Waals surface area contributed by atoms with E-state index in [1.165, 1.54) is 5.56 Å². The van der Waals surface area contributed by atoms with Gasteiger partial charge in [-0.15, -0.1) is 0 Å². The van der Waals surface area contributed by atoms with Gasteiger partial charge in [-0.25, -0.2) is 0 Å². The summed E-state index contributed by atoms with van der Waals surface area (Å²) >= 11 is 5.96. The van der Waals surface area contributed by atoms with Gasteiger partial charge in [0.05, 0.1) is 0 Å². The highest BCUT2D eigenvalue weighted by atomic mass is 35.5. The Balaban J connectivity index is 2.58. The number of rotatable bonds is 0. The lowest BCUT2D eigenvalue weighted by molar-refractivity contribution is 0.763. The SMILES string of the molecule is CC1CN=C(Cl)c2ccccc21. The van der Waals surface area contributed by atoms with Crippen LogP contribution in [0.2, 0.25) is 0 Å². The molecule has 1 aromatic rings. The molecule has 1 aliphatic heterocycles. The number of benzene rings is 1. The van der Waals surface area contributed by atoms with Gasteiger partial charge < -0.3 is 0 Å². The molecule has 62 valence electrons. The molecule has 1 aliphatic rings. The zero-order valence-corrected chi connectivity index (χ0v) is 7.67. The van der Waals surface area contributed by atoms with Gasteiger partial charge in [-0.05, 0) is 5.56 Å². The van der Waals surface area contributed by atoms with Crippen LogP contribution in [0.15, 0.2) is 29.3 Å². The predicted molar refractivity (Wildman–Crippen MR) is 52.1 cm³/mol. The first-order chi connectivity index (χ1) is 5.79. The monoisotopic (exact) mass is 179 g/mol. The molecule has 0 bridgehead atoms. The van der Waals surface area contributed by atoms with Gasteiger partial charge in [0.25, 0.3) is 0 Å². The number of halogens is 1. The average molecular weight is 180 g/mol. The van der Waals surface area contributed by atoms with E-state index in [-0.39, 0.29) is 0 Å². The van der Waals surface area contributed by atoms with Crippen molar-refractivity contribution >= 4 is 16.8 Å². The topological polar surface area (TPSA) is 12.4 Å². The summed E-state index contributed by atoms with van der Waals surface area (Å²) in [5.41, 5.74) is 2.41. The third kappa shape index (κ3) is 1.14.